The average Bonchev–Trinajstić information content (AvgIpc) is 3.28. The van der Waals surface area contributed by atoms with Crippen LogP contribution in [0.5, 0.6) is 0 Å². The lowest BCUT2D eigenvalue weighted by Crippen LogP contribution is -2.39. The Morgan fingerprint density at radius 3 is 2.79 bits per heavy atom. The lowest BCUT2D eigenvalue weighted by atomic mass is 9.91. The SMILES string of the molecule is Cc1cc(C)c(CNC(=O)C2C=C(Br)C=C3C2=CNN3C2CCCC2)c(=O)[nH]1. The maximum atomic E-state index is 13.0. The third-order valence-corrected chi connectivity index (χ3v) is 6.25. The number of nitrogens with one attached hydrogen (secondary N) is 3. The summed E-state index contributed by atoms with van der Waals surface area (Å²) in [6.45, 7) is 3.96. The van der Waals surface area contributed by atoms with Crippen molar-refractivity contribution in [1.29, 1.82) is 0 Å². The lowest BCUT2D eigenvalue weighted by Gasteiger charge is -2.30. The number of aromatic amines is 1. The summed E-state index contributed by atoms with van der Waals surface area (Å²) in [5.41, 5.74) is 7.55. The third-order valence-electron chi connectivity index (χ3n) is 5.76. The summed E-state index contributed by atoms with van der Waals surface area (Å²) in [6.07, 6.45) is 10.7. The third kappa shape index (κ3) is 3.55. The Morgan fingerprint density at radius 1 is 1.32 bits per heavy atom. The van der Waals surface area contributed by atoms with E-state index in [2.05, 4.69) is 42.7 Å². The summed E-state index contributed by atoms with van der Waals surface area (Å²) in [6, 6.07) is 2.39. The van der Waals surface area contributed by atoms with Crippen molar-refractivity contribution in [3.05, 3.63) is 67.3 Å². The quantitative estimate of drug-likeness (QED) is 0.666. The molecule has 6 nitrogen and oxygen atoms in total. The summed E-state index contributed by atoms with van der Waals surface area (Å²) in [5, 5.41) is 5.15. The summed E-state index contributed by atoms with van der Waals surface area (Å²) >= 11 is 3.56. The summed E-state index contributed by atoms with van der Waals surface area (Å²) in [5.74, 6) is -0.499. The zero-order chi connectivity index (χ0) is 19.8. The minimum Gasteiger partial charge on any atom is -0.351 e. The summed E-state index contributed by atoms with van der Waals surface area (Å²) in [7, 11) is 0. The molecule has 4 rings (SSSR count). The first-order valence-corrected chi connectivity index (χ1v) is 10.6. The standard InChI is InChI=1S/C21H25BrN4O2/c1-12-7-13(2)25-21(28)17(12)10-23-20(27)16-8-14(22)9-19-18(16)11-24-26(19)15-5-3-4-6-15/h7-9,11,15-16,24H,3-6,10H2,1-2H3,(H,23,27)(H,25,28). The summed E-state index contributed by atoms with van der Waals surface area (Å²) < 4.78 is 0.899. The van der Waals surface area contributed by atoms with Crippen LogP contribution in [0, 0.1) is 19.8 Å². The van der Waals surface area contributed by atoms with Crippen molar-refractivity contribution in [3.63, 3.8) is 0 Å². The fourth-order valence-electron chi connectivity index (χ4n) is 4.32. The van der Waals surface area contributed by atoms with Crippen LogP contribution in [0.2, 0.25) is 0 Å². The number of aryl methyl sites for hydroxylation is 2. The monoisotopic (exact) mass is 444 g/mol. The van der Waals surface area contributed by atoms with E-state index in [1.807, 2.05) is 32.2 Å². The van der Waals surface area contributed by atoms with Gasteiger partial charge in [0.05, 0.1) is 17.7 Å². The molecule has 0 radical (unpaired) electrons. The van der Waals surface area contributed by atoms with E-state index >= 15 is 0 Å². The molecular weight excluding hydrogens is 420 g/mol. The molecular formula is C21H25BrN4O2. The van der Waals surface area contributed by atoms with Gasteiger partial charge >= 0.3 is 0 Å². The highest BCUT2D eigenvalue weighted by Gasteiger charge is 2.36. The number of hydrazine groups is 1. The first-order chi connectivity index (χ1) is 13.4. The van der Waals surface area contributed by atoms with Crippen LogP contribution in [0.25, 0.3) is 0 Å². The fourth-order valence-corrected chi connectivity index (χ4v) is 4.80. The fraction of sp³-hybridized carbons (Fsp3) is 0.429. The zero-order valence-electron chi connectivity index (χ0n) is 16.1. The molecule has 28 heavy (non-hydrogen) atoms. The minimum atomic E-state index is -0.391. The molecule has 1 aliphatic heterocycles. The van der Waals surface area contributed by atoms with Gasteiger partial charge in [-0.3, -0.25) is 14.6 Å². The van der Waals surface area contributed by atoms with Gasteiger partial charge < -0.3 is 15.7 Å². The topological polar surface area (TPSA) is 77.2 Å². The molecule has 2 aliphatic carbocycles. The molecule has 1 saturated carbocycles. The van der Waals surface area contributed by atoms with Gasteiger partial charge in [-0.1, -0.05) is 34.8 Å². The molecule has 0 aromatic carbocycles. The van der Waals surface area contributed by atoms with Crippen molar-refractivity contribution in [2.75, 3.05) is 0 Å². The van der Waals surface area contributed by atoms with E-state index in [0.29, 0.717) is 11.6 Å². The van der Waals surface area contributed by atoms with Gasteiger partial charge in [0.15, 0.2) is 0 Å². The van der Waals surface area contributed by atoms with Crippen molar-refractivity contribution in [2.45, 2.75) is 52.1 Å². The Labute approximate surface area is 172 Å². The van der Waals surface area contributed by atoms with Crippen molar-refractivity contribution < 1.29 is 4.79 Å². The van der Waals surface area contributed by atoms with Crippen LogP contribution in [-0.4, -0.2) is 21.9 Å². The Bertz CT molecular complexity index is 954. The van der Waals surface area contributed by atoms with E-state index in [0.717, 1.165) is 27.0 Å². The van der Waals surface area contributed by atoms with Crippen LogP contribution in [0.15, 0.2) is 45.0 Å². The van der Waals surface area contributed by atoms with Crippen LogP contribution in [0.3, 0.4) is 0 Å². The van der Waals surface area contributed by atoms with Crippen LogP contribution in [0.4, 0.5) is 0 Å². The van der Waals surface area contributed by atoms with Gasteiger partial charge in [0.2, 0.25) is 5.91 Å². The van der Waals surface area contributed by atoms with Gasteiger partial charge in [-0.2, -0.15) is 0 Å². The van der Waals surface area contributed by atoms with Gasteiger partial charge in [-0.15, -0.1) is 0 Å². The highest BCUT2D eigenvalue weighted by Crippen LogP contribution is 2.38. The second-order valence-electron chi connectivity index (χ2n) is 7.76. The predicted octanol–water partition coefficient (Wildman–Crippen LogP) is 3.05. The number of pyridine rings is 1. The molecule has 3 aliphatic rings. The number of nitrogens with zero attached hydrogens (tertiary/aromatic N) is 1. The van der Waals surface area contributed by atoms with E-state index in [4.69, 9.17) is 0 Å². The van der Waals surface area contributed by atoms with Crippen LogP contribution >= 0.6 is 15.9 Å². The molecule has 1 unspecified atom stereocenters. The van der Waals surface area contributed by atoms with Gasteiger partial charge in [0.1, 0.15) is 0 Å². The molecule has 1 amide bonds. The first kappa shape index (κ1) is 19.1. The maximum Gasteiger partial charge on any atom is 0.253 e. The van der Waals surface area contributed by atoms with Gasteiger partial charge in [0.25, 0.3) is 5.56 Å². The van der Waals surface area contributed by atoms with Crippen LogP contribution in [0.1, 0.15) is 42.5 Å². The number of allylic oxidation sites excluding steroid dienone is 3. The van der Waals surface area contributed by atoms with Crippen molar-refractivity contribution >= 4 is 21.8 Å². The second-order valence-corrected chi connectivity index (χ2v) is 8.67. The smallest absolute Gasteiger partial charge is 0.253 e. The number of amides is 1. The number of hydrogen-bond donors (Lipinski definition) is 3. The predicted molar refractivity (Wildman–Crippen MR) is 112 cm³/mol. The molecule has 2 heterocycles. The number of H-pyrrole nitrogens is 1. The Hall–Kier alpha value is -2.28. The van der Waals surface area contributed by atoms with Crippen LogP contribution < -0.4 is 16.3 Å². The number of hydrogen-bond acceptors (Lipinski definition) is 4. The van der Waals surface area contributed by atoms with E-state index in [1.165, 1.54) is 25.7 Å². The van der Waals surface area contributed by atoms with E-state index in [9.17, 15) is 9.59 Å². The molecule has 1 atom stereocenters. The normalized spacial score (nSPS) is 21.6. The molecule has 0 spiro atoms. The first-order valence-electron chi connectivity index (χ1n) is 9.76. The molecule has 148 valence electrons. The highest BCUT2D eigenvalue weighted by molar-refractivity contribution is 9.11. The van der Waals surface area contributed by atoms with Gasteiger partial charge in [-0.25, -0.2) is 0 Å². The lowest BCUT2D eigenvalue weighted by molar-refractivity contribution is -0.122. The second kappa shape index (κ2) is 7.62. The molecule has 1 fully saturated rings. The molecule has 7 heteroatoms. The van der Waals surface area contributed by atoms with E-state index in [1.54, 1.807) is 0 Å². The highest BCUT2D eigenvalue weighted by atomic mass is 79.9. The number of halogens is 1. The van der Waals surface area contributed by atoms with Gasteiger partial charge in [0, 0.05) is 34.1 Å². The van der Waals surface area contributed by atoms with Crippen LogP contribution in [-0.2, 0) is 11.3 Å². The Morgan fingerprint density at radius 2 is 2.07 bits per heavy atom. The molecule has 0 bridgehead atoms. The zero-order valence-corrected chi connectivity index (χ0v) is 17.7. The number of carbonyl (C=O) groups is 1. The number of fused-ring (bicyclic) bond motifs is 1. The molecule has 1 aromatic heterocycles. The maximum absolute atomic E-state index is 13.0. The molecule has 3 N–H and O–H groups in total. The molecule has 0 saturated heterocycles. The summed E-state index contributed by atoms with van der Waals surface area (Å²) in [4.78, 5) is 28.0. The van der Waals surface area contributed by atoms with E-state index < -0.39 is 5.92 Å². The molecule has 1 aromatic rings. The van der Waals surface area contributed by atoms with Crippen molar-refractivity contribution in [3.8, 4) is 0 Å². The number of rotatable bonds is 4. The number of aromatic nitrogens is 1. The Kier molecular flexibility index (Phi) is 5.19. The van der Waals surface area contributed by atoms with Gasteiger partial charge in [-0.05, 0) is 44.4 Å². The van der Waals surface area contributed by atoms with Crippen molar-refractivity contribution in [2.24, 2.45) is 5.92 Å². The number of carbonyl (C=O) groups excluding carboxylic acids is 1. The average molecular weight is 445 g/mol. The van der Waals surface area contributed by atoms with Crippen molar-refractivity contribution in [1.82, 2.24) is 20.7 Å². The van der Waals surface area contributed by atoms with E-state index in [-0.39, 0.29) is 18.0 Å². The minimum absolute atomic E-state index is 0.108. The largest absolute Gasteiger partial charge is 0.351 e. The Balaban J connectivity index is 1.50.